The molecule has 3 N–H and O–H groups in total. The van der Waals surface area contributed by atoms with Gasteiger partial charge in [0.1, 0.15) is 0 Å². The van der Waals surface area contributed by atoms with Gasteiger partial charge in [-0.2, -0.15) is 0 Å². The molecule has 1 aliphatic heterocycles. The predicted molar refractivity (Wildman–Crippen MR) is 41.0 cm³/mol. The molecule has 0 aromatic carbocycles. The summed E-state index contributed by atoms with van der Waals surface area (Å²) in [6.45, 7) is 2.46. The number of rotatable bonds is 2. The molecule has 0 spiro atoms. The van der Waals surface area contributed by atoms with E-state index in [0.717, 1.165) is 13.0 Å². The van der Waals surface area contributed by atoms with Crippen molar-refractivity contribution in [3.05, 3.63) is 0 Å². The van der Waals surface area contributed by atoms with Crippen LogP contribution in [0.4, 0.5) is 4.79 Å². The molecule has 11 heavy (non-hydrogen) atoms. The third-order valence-corrected chi connectivity index (χ3v) is 2.04. The van der Waals surface area contributed by atoms with E-state index in [9.17, 15) is 4.79 Å². The molecule has 2 atom stereocenters. The van der Waals surface area contributed by atoms with Crippen LogP contribution >= 0.6 is 0 Å². The summed E-state index contributed by atoms with van der Waals surface area (Å²) in [7, 11) is 0. The van der Waals surface area contributed by atoms with Crippen LogP contribution in [0.3, 0.4) is 0 Å². The Morgan fingerprint density at radius 2 is 2.55 bits per heavy atom. The molecular weight excluding hydrogens is 144 g/mol. The molecule has 2 unspecified atom stereocenters. The molecule has 0 aromatic rings. The van der Waals surface area contributed by atoms with E-state index in [1.165, 1.54) is 0 Å². The van der Waals surface area contributed by atoms with E-state index >= 15 is 0 Å². The van der Waals surface area contributed by atoms with Crippen molar-refractivity contribution in [2.45, 2.75) is 31.9 Å². The standard InChI is InChI=1S/C7H14N2O2/c1-5(10)4-6-2-3-9(6)7(8)11/h5-6,10H,2-4H2,1H3,(H2,8,11). The van der Waals surface area contributed by atoms with Crippen LogP contribution in [0.5, 0.6) is 0 Å². The Morgan fingerprint density at radius 1 is 1.91 bits per heavy atom. The number of urea groups is 1. The van der Waals surface area contributed by atoms with Crippen LogP contribution in [-0.4, -0.2) is 34.7 Å². The summed E-state index contributed by atoms with van der Waals surface area (Å²) in [5.74, 6) is 0. The van der Waals surface area contributed by atoms with Gasteiger partial charge in [0.2, 0.25) is 0 Å². The summed E-state index contributed by atoms with van der Waals surface area (Å²) in [5, 5.41) is 9.01. The fourth-order valence-corrected chi connectivity index (χ4v) is 1.37. The van der Waals surface area contributed by atoms with Crippen molar-refractivity contribution in [3.63, 3.8) is 0 Å². The van der Waals surface area contributed by atoms with E-state index in [-0.39, 0.29) is 18.2 Å². The molecule has 1 fully saturated rings. The Hall–Kier alpha value is -0.770. The van der Waals surface area contributed by atoms with E-state index < -0.39 is 0 Å². The summed E-state index contributed by atoms with van der Waals surface area (Å²) in [6.07, 6.45) is 1.26. The molecule has 0 radical (unpaired) electrons. The molecule has 0 aliphatic carbocycles. The molecule has 1 aliphatic rings. The minimum Gasteiger partial charge on any atom is -0.393 e. The highest BCUT2D eigenvalue weighted by Gasteiger charge is 2.31. The summed E-state index contributed by atoms with van der Waals surface area (Å²) in [4.78, 5) is 12.2. The minimum atomic E-state index is -0.373. The van der Waals surface area contributed by atoms with Crippen LogP contribution in [0.15, 0.2) is 0 Å². The SMILES string of the molecule is CC(O)CC1CCN1C(N)=O. The number of hydrogen-bond acceptors (Lipinski definition) is 2. The van der Waals surface area contributed by atoms with Gasteiger partial charge in [-0.1, -0.05) is 0 Å². The van der Waals surface area contributed by atoms with Crippen LogP contribution in [0.2, 0.25) is 0 Å². The Morgan fingerprint density at radius 3 is 2.82 bits per heavy atom. The lowest BCUT2D eigenvalue weighted by atomic mass is 9.98. The van der Waals surface area contributed by atoms with Gasteiger partial charge in [-0.25, -0.2) is 4.79 Å². The second kappa shape index (κ2) is 3.09. The zero-order valence-electron chi connectivity index (χ0n) is 6.66. The number of carbonyl (C=O) groups excluding carboxylic acids is 1. The van der Waals surface area contributed by atoms with Gasteiger partial charge in [-0.15, -0.1) is 0 Å². The van der Waals surface area contributed by atoms with E-state index in [2.05, 4.69) is 0 Å². The largest absolute Gasteiger partial charge is 0.393 e. The fourth-order valence-electron chi connectivity index (χ4n) is 1.37. The molecule has 0 bridgehead atoms. The first-order valence-electron chi connectivity index (χ1n) is 3.85. The summed E-state index contributed by atoms with van der Waals surface area (Å²) in [5.41, 5.74) is 5.07. The first-order chi connectivity index (χ1) is 5.11. The van der Waals surface area contributed by atoms with Crippen molar-refractivity contribution in [2.75, 3.05) is 6.54 Å². The first-order valence-corrected chi connectivity index (χ1v) is 3.85. The average Bonchev–Trinajstić information content (AvgIpc) is 1.78. The van der Waals surface area contributed by atoms with Crippen molar-refractivity contribution >= 4 is 6.03 Å². The number of primary amides is 1. The summed E-state index contributed by atoms with van der Waals surface area (Å²) >= 11 is 0. The Labute approximate surface area is 66.0 Å². The van der Waals surface area contributed by atoms with Crippen LogP contribution in [0.25, 0.3) is 0 Å². The highest BCUT2D eigenvalue weighted by atomic mass is 16.3. The number of nitrogens with two attached hydrogens (primary N) is 1. The Kier molecular flexibility index (Phi) is 2.34. The molecule has 0 aromatic heterocycles. The van der Waals surface area contributed by atoms with Gasteiger partial charge in [0.25, 0.3) is 0 Å². The van der Waals surface area contributed by atoms with Gasteiger partial charge in [-0.3, -0.25) is 0 Å². The van der Waals surface area contributed by atoms with Gasteiger partial charge in [0.05, 0.1) is 6.10 Å². The van der Waals surface area contributed by atoms with Crippen LogP contribution in [0.1, 0.15) is 19.8 Å². The highest BCUT2D eigenvalue weighted by Crippen LogP contribution is 2.20. The summed E-state index contributed by atoms with van der Waals surface area (Å²) in [6, 6.07) is -0.200. The molecular formula is C7H14N2O2. The zero-order valence-corrected chi connectivity index (χ0v) is 6.66. The maximum Gasteiger partial charge on any atom is 0.315 e. The lowest BCUT2D eigenvalue weighted by Crippen LogP contribution is -2.54. The van der Waals surface area contributed by atoms with Crippen molar-refractivity contribution in [2.24, 2.45) is 5.73 Å². The quantitative estimate of drug-likeness (QED) is 0.589. The lowest BCUT2D eigenvalue weighted by Gasteiger charge is -2.40. The molecule has 2 amide bonds. The fraction of sp³-hybridized carbons (Fsp3) is 0.857. The molecule has 1 heterocycles. The number of likely N-dealkylation sites (tertiary alicyclic amines) is 1. The van der Waals surface area contributed by atoms with Crippen LogP contribution < -0.4 is 5.73 Å². The van der Waals surface area contributed by atoms with E-state index in [4.69, 9.17) is 10.8 Å². The van der Waals surface area contributed by atoms with Gasteiger partial charge in [0.15, 0.2) is 0 Å². The molecule has 1 saturated heterocycles. The molecule has 0 saturated carbocycles. The lowest BCUT2D eigenvalue weighted by molar-refractivity contribution is 0.0745. The number of amides is 2. The van der Waals surface area contributed by atoms with E-state index in [1.807, 2.05) is 0 Å². The first kappa shape index (κ1) is 8.33. The Balaban J connectivity index is 2.31. The van der Waals surface area contributed by atoms with Gasteiger partial charge in [0, 0.05) is 12.6 Å². The topological polar surface area (TPSA) is 66.6 Å². The molecule has 1 rings (SSSR count). The third-order valence-electron chi connectivity index (χ3n) is 2.04. The van der Waals surface area contributed by atoms with Crippen molar-refractivity contribution < 1.29 is 9.90 Å². The predicted octanol–water partition coefficient (Wildman–Crippen LogP) is -0.0897. The van der Waals surface area contributed by atoms with Crippen LogP contribution in [0, 0.1) is 0 Å². The number of carbonyl (C=O) groups is 1. The van der Waals surface area contributed by atoms with Gasteiger partial charge in [-0.05, 0) is 19.8 Å². The Bertz CT molecular complexity index is 159. The van der Waals surface area contributed by atoms with E-state index in [1.54, 1.807) is 11.8 Å². The second-order valence-corrected chi connectivity index (χ2v) is 3.06. The van der Waals surface area contributed by atoms with Crippen molar-refractivity contribution in [3.8, 4) is 0 Å². The number of nitrogens with zero attached hydrogens (tertiary/aromatic N) is 1. The third kappa shape index (κ3) is 1.83. The number of aliphatic hydroxyl groups is 1. The van der Waals surface area contributed by atoms with E-state index in [0.29, 0.717) is 6.42 Å². The molecule has 64 valence electrons. The van der Waals surface area contributed by atoms with Crippen molar-refractivity contribution in [1.82, 2.24) is 4.90 Å². The van der Waals surface area contributed by atoms with Gasteiger partial charge >= 0.3 is 6.03 Å². The van der Waals surface area contributed by atoms with Crippen molar-refractivity contribution in [1.29, 1.82) is 0 Å². The minimum absolute atomic E-state index is 0.174. The molecule has 4 nitrogen and oxygen atoms in total. The highest BCUT2D eigenvalue weighted by molar-refractivity contribution is 5.73. The maximum atomic E-state index is 10.6. The monoisotopic (exact) mass is 158 g/mol. The van der Waals surface area contributed by atoms with Crippen LogP contribution in [-0.2, 0) is 0 Å². The smallest absolute Gasteiger partial charge is 0.315 e. The maximum absolute atomic E-state index is 10.6. The number of hydrogen-bond donors (Lipinski definition) is 2. The molecule has 4 heteroatoms. The summed E-state index contributed by atoms with van der Waals surface area (Å²) < 4.78 is 0. The zero-order chi connectivity index (χ0) is 8.43. The average molecular weight is 158 g/mol. The second-order valence-electron chi connectivity index (χ2n) is 3.06. The normalized spacial score (nSPS) is 26.0. The van der Waals surface area contributed by atoms with Gasteiger partial charge < -0.3 is 15.7 Å². The number of aliphatic hydroxyl groups excluding tert-OH is 1.